The number of allylic oxidation sites excluding steroid dienone is 1. The molecule has 196 valence electrons. The molecule has 10 nitrogen and oxygen atoms in total. The van der Waals surface area contributed by atoms with Gasteiger partial charge in [0.05, 0.1) is 36.0 Å². The van der Waals surface area contributed by atoms with Crippen molar-refractivity contribution in [1.82, 2.24) is 14.9 Å². The topological polar surface area (TPSA) is 140 Å². The monoisotopic (exact) mass is 525 g/mol. The number of nitrogens with zero attached hydrogens (tertiary/aromatic N) is 5. The second-order valence-corrected chi connectivity index (χ2v) is 8.92. The molecule has 38 heavy (non-hydrogen) atoms. The predicted molar refractivity (Wildman–Crippen MR) is 133 cm³/mol. The number of ether oxygens (including phenoxy) is 1. The Morgan fingerprint density at radius 3 is 2.39 bits per heavy atom. The number of benzene rings is 1. The van der Waals surface area contributed by atoms with Gasteiger partial charge in [-0.1, -0.05) is 0 Å². The van der Waals surface area contributed by atoms with Gasteiger partial charge in [0.2, 0.25) is 0 Å². The van der Waals surface area contributed by atoms with Crippen LogP contribution in [0.1, 0.15) is 25.8 Å². The van der Waals surface area contributed by atoms with E-state index < -0.39 is 40.9 Å². The summed E-state index contributed by atoms with van der Waals surface area (Å²) in [7, 11) is 6.35. The van der Waals surface area contributed by atoms with Crippen molar-refractivity contribution in [3.05, 3.63) is 64.7 Å². The number of aromatic nitrogens is 1. The molecule has 3 amide bonds. The van der Waals surface area contributed by atoms with E-state index in [0.29, 0.717) is 6.07 Å². The lowest BCUT2D eigenvalue weighted by Crippen LogP contribution is -2.61. The molecule has 1 aromatic carbocycles. The Morgan fingerprint density at radius 2 is 1.79 bits per heavy atom. The number of carbonyl (C=O) groups excluding carboxylic acids is 2. The summed E-state index contributed by atoms with van der Waals surface area (Å²) < 4.78 is 47.6. The average molecular weight is 525 g/mol. The van der Waals surface area contributed by atoms with E-state index in [9.17, 15) is 22.8 Å². The number of hydrogen-bond donors (Lipinski definition) is 2. The summed E-state index contributed by atoms with van der Waals surface area (Å²) in [5, 5.41) is 4.97. The predicted octanol–water partition coefficient (Wildman–Crippen LogP) is 2.21. The lowest BCUT2D eigenvalue weighted by atomic mass is 9.70. The lowest BCUT2D eigenvalue weighted by Gasteiger charge is -2.43. The van der Waals surface area contributed by atoms with Gasteiger partial charge in [-0.25, -0.2) is 33.0 Å². The molecule has 14 heteroatoms. The maximum Gasteiger partial charge on any atom is 0.340 e. The van der Waals surface area contributed by atoms with Crippen LogP contribution in [0.5, 0.6) is 5.75 Å². The van der Waals surface area contributed by atoms with Gasteiger partial charge in [0.15, 0.2) is 17.4 Å². The molecule has 2 aliphatic rings. The van der Waals surface area contributed by atoms with Crippen molar-refractivity contribution in [3.8, 4) is 5.75 Å². The number of hydrazone groups is 1. The van der Waals surface area contributed by atoms with Crippen molar-refractivity contribution < 1.29 is 27.5 Å². The third kappa shape index (κ3) is 5.19. The molecule has 1 aromatic heterocycles. The molecule has 0 aliphatic carbocycles. The van der Waals surface area contributed by atoms with Gasteiger partial charge in [-0.15, -0.1) is 0 Å². The van der Waals surface area contributed by atoms with Gasteiger partial charge in [-0.3, -0.25) is 4.79 Å². The highest BCUT2D eigenvalue weighted by Gasteiger charge is 2.45. The summed E-state index contributed by atoms with van der Waals surface area (Å²) in [5.74, 6) is -3.31. The molecular weight excluding hydrogens is 502 g/mol. The molecule has 0 spiro atoms. The summed E-state index contributed by atoms with van der Waals surface area (Å²) in [4.78, 5) is 34.1. The number of rotatable bonds is 6. The van der Waals surface area contributed by atoms with Crippen LogP contribution >= 0.6 is 0 Å². The van der Waals surface area contributed by atoms with Crippen LogP contribution in [0, 0.1) is 17.5 Å². The highest BCUT2D eigenvalue weighted by Crippen LogP contribution is 2.35. The number of pyridine rings is 1. The molecule has 1 fully saturated rings. The molecule has 4 N–H and O–H groups in total. The summed E-state index contributed by atoms with van der Waals surface area (Å²) in [6, 6.07) is 3.43. The van der Waals surface area contributed by atoms with Gasteiger partial charge >= 0.3 is 6.03 Å². The maximum atomic E-state index is 14.4. The van der Waals surface area contributed by atoms with Crippen LogP contribution in [0.15, 0.2) is 51.8 Å². The van der Waals surface area contributed by atoms with Crippen molar-refractivity contribution in [2.45, 2.75) is 31.8 Å². The van der Waals surface area contributed by atoms with Crippen LogP contribution in [0.2, 0.25) is 0 Å². The van der Waals surface area contributed by atoms with Crippen LogP contribution in [0.4, 0.5) is 23.8 Å². The van der Waals surface area contributed by atoms with Crippen molar-refractivity contribution in [1.29, 1.82) is 0 Å². The van der Waals surface area contributed by atoms with Crippen molar-refractivity contribution in [2.24, 2.45) is 21.6 Å². The van der Waals surface area contributed by atoms with Crippen molar-refractivity contribution >= 4 is 37.5 Å². The fraction of sp³-hybridized carbons (Fsp3) is 0.292. The van der Waals surface area contributed by atoms with Crippen LogP contribution < -0.4 is 16.2 Å². The Kier molecular flexibility index (Phi) is 7.16. The Labute approximate surface area is 217 Å². The lowest BCUT2D eigenvalue weighted by molar-refractivity contribution is -0.114. The normalized spacial score (nSPS) is 20.3. The molecule has 2 aromatic rings. The van der Waals surface area contributed by atoms with Crippen LogP contribution in [-0.2, 0) is 10.2 Å². The van der Waals surface area contributed by atoms with Gasteiger partial charge < -0.3 is 21.1 Å². The number of halogens is 3. The Balaban J connectivity index is 1.44. The molecule has 1 atom stereocenters. The summed E-state index contributed by atoms with van der Waals surface area (Å²) in [6.07, 6.45) is 1.77. The minimum atomic E-state index is -1.58. The first kappa shape index (κ1) is 26.7. The number of amides is 3. The Hall–Kier alpha value is -4.36. The molecule has 4 rings (SSSR count). The standard InChI is InChI=1S/C24H23BF3N7O3/c1-12(29)21(22(30)36)13(2)33-20-8-19(18(28)9-31-20)38-17-10-34(11-17)23(37)35-24(25,3-4-32-35)14-5-15(26)7-16(27)6-14/h4-9,17H,3,10-11,29H2,1-2H3,(H2,30,36). The number of carbonyl (C=O) groups is 2. The largest absolute Gasteiger partial charge is 0.483 e. The molecule has 1 saturated heterocycles. The fourth-order valence-corrected chi connectivity index (χ4v) is 4.14. The van der Waals surface area contributed by atoms with E-state index in [2.05, 4.69) is 15.1 Å². The zero-order chi connectivity index (χ0) is 27.8. The first-order chi connectivity index (χ1) is 17.9. The first-order valence-electron chi connectivity index (χ1n) is 11.4. The van der Waals surface area contributed by atoms with Crippen molar-refractivity contribution in [2.75, 3.05) is 13.1 Å². The average Bonchev–Trinajstić information content (AvgIpc) is 3.19. The number of aliphatic imine (C=N–C) groups is 1. The van der Waals surface area contributed by atoms with E-state index >= 15 is 0 Å². The minimum Gasteiger partial charge on any atom is -0.483 e. The van der Waals surface area contributed by atoms with Crippen LogP contribution in [0.25, 0.3) is 0 Å². The zero-order valence-electron chi connectivity index (χ0n) is 20.5. The summed E-state index contributed by atoms with van der Waals surface area (Å²) in [6.45, 7) is 3.14. The highest BCUT2D eigenvalue weighted by molar-refractivity contribution is 6.21. The second-order valence-electron chi connectivity index (χ2n) is 8.92. The number of nitrogens with two attached hydrogens (primary N) is 2. The molecule has 0 saturated carbocycles. The molecule has 0 bridgehead atoms. The van der Waals surface area contributed by atoms with E-state index in [0.717, 1.165) is 23.3 Å². The maximum absolute atomic E-state index is 14.4. The fourth-order valence-electron chi connectivity index (χ4n) is 4.14. The minimum absolute atomic E-state index is 0.0215. The van der Waals surface area contributed by atoms with E-state index in [-0.39, 0.29) is 53.6 Å². The quantitative estimate of drug-likeness (QED) is 0.338. The molecule has 2 radical (unpaired) electrons. The second kappa shape index (κ2) is 10.2. The van der Waals surface area contributed by atoms with E-state index in [1.54, 1.807) is 0 Å². The van der Waals surface area contributed by atoms with Crippen LogP contribution in [-0.4, -0.2) is 65.8 Å². The van der Waals surface area contributed by atoms with Gasteiger partial charge in [0, 0.05) is 30.5 Å². The highest BCUT2D eigenvalue weighted by atomic mass is 19.1. The first-order valence-corrected chi connectivity index (χ1v) is 11.4. The molecule has 3 heterocycles. The summed E-state index contributed by atoms with van der Waals surface area (Å²) in [5.41, 5.74) is 9.89. The van der Waals surface area contributed by atoms with Gasteiger partial charge in [0.1, 0.15) is 25.6 Å². The summed E-state index contributed by atoms with van der Waals surface area (Å²) >= 11 is 0. The van der Waals surface area contributed by atoms with Gasteiger partial charge in [-0.2, -0.15) is 5.10 Å². The van der Waals surface area contributed by atoms with Gasteiger partial charge in [0.25, 0.3) is 5.91 Å². The molecular formula is C24H23BF3N7O3. The third-order valence-electron chi connectivity index (χ3n) is 6.02. The van der Waals surface area contributed by atoms with Crippen molar-refractivity contribution in [3.63, 3.8) is 0 Å². The zero-order valence-corrected chi connectivity index (χ0v) is 20.5. The Morgan fingerprint density at radius 1 is 1.13 bits per heavy atom. The number of urea groups is 1. The van der Waals surface area contributed by atoms with Crippen LogP contribution in [0.3, 0.4) is 0 Å². The number of likely N-dealkylation sites (tertiary alicyclic amines) is 1. The Bertz CT molecular complexity index is 1370. The number of hydrogen-bond acceptors (Lipinski definition) is 7. The smallest absolute Gasteiger partial charge is 0.340 e. The van der Waals surface area contributed by atoms with E-state index in [1.807, 2.05) is 0 Å². The van der Waals surface area contributed by atoms with Gasteiger partial charge in [-0.05, 0) is 31.5 Å². The molecule has 2 aliphatic heterocycles. The number of primary amides is 1. The third-order valence-corrected chi connectivity index (χ3v) is 6.02. The van der Waals surface area contributed by atoms with E-state index in [1.165, 1.54) is 31.0 Å². The van der Waals surface area contributed by atoms with E-state index in [4.69, 9.17) is 24.1 Å². The molecule has 1 unspecified atom stereocenters. The SMILES string of the molecule is [B]C1(c2cc(F)cc(F)c2)CC=NN1C(=O)N1CC(Oc2cc(N=C(C)C(C(N)=O)=C(C)N)ncc2F)C1.